The second kappa shape index (κ2) is 4.29. The third-order valence-electron chi connectivity index (χ3n) is 1.79. The summed E-state index contributed by atoms with van der Waals surface area (Å²) in [6.07, 6.45) is 3.39. The monoisotopic (exact) mass is 252 g/mol. The molecule has 0 amide bonds. The van der Waals surface area contributed by atoms with Gasteiger partial charge in [0, 0.05) is 17.9 Å². The Labute approximate surface area is 104 Å². The van der Waals surface area contributed by atoms with Gasteiger partial charge in [-0.3, -0.25) is 0 Å². The molecule has 7 heteroatoms. The van der Waals surface area contributed by atoms with Crippen molar-refractivity contribution >= 4 is 17.5 Å². The van der Waals surface area contributed by atoms with Gasteiger partial charge in [-0.15, -0.1) is 0 Å². The van der Waals surface area contributed by atoms with Gasteiger partial charge in [-0.25, -0.2) is 4.68 Å². The Morgan fingerprint density at radius 3 is 2.59 bits per heavy atom. The average Bonchev–Trinajstić information content (AvgIpc) is 2.65. The van der Waals surface area contributed by atoms with E-state index >= 15 is 0 Å². The SMILES string of the molecule is CC(C)(C)Nc1nc(Cl)nc(-n2cccn2)n1. The fourth-order valence-electron chi connectivity index (χ4n) is 1.22. The van der Waals surface area contributed by atoms with E-state index < -0.39 is 0 Å². The molecule has 17 heavy (non-hydrogen) atoms. The minimum atomic E-state index is -0.147. The Balaban J connectivity index is 2.36. The highest BCUT2D eigenvalue weighted by Crippen LogP contribution is 2.13. The first-order chi connectivity index (χ1) is 7.94. The van der Waals surface area contributed by atoms with Crippen LogP contribution in [0, 0.1) is 0 Å². The van der Waals surface area contributed by atoms with Crippen LogP contribution >= 0.6 is 11.6 Å². The Bertz CT molecular complexity index is 502. The maximum atomic E-state index is 5.85. The van der Waals surface area contributed by atoms with Crippen LogP contribution in [0.4, 0.5) is 5.95 Å². The fourth-order valence-corrected chi connectivity index (χ4v) is 1.38. The van der Waals surface area contributed by atoms with Crippen molar-refractivity contribution in [3.05, 3.63) is 23.7 Å². The molecule has 90 valence electrons. The highest BCUT2D eigenvalue weighted by Gasteiger charge is 2.13. The molecule has 0 spiro atoms. The normalized spacial score (nSPS) is 11.5. The number of nitrogens with one attached hydrogen (secondary N) is 1. The van der Waals surface area contributed by atoms with Crippen molar-refractivity contribution < 1.29 is 0 Å². The number of anilines is 1. The number of halogens is 1. The lowest BCUT2D eigenvalue weighted by atomic mass is 10.1. The maximum absolute atomic E-state index is 5.85. The van der Waals surface area contributed by atoms with Crippen LogP contribution in [0.2, 0.25) is 5.28 Å². The van der Waals surface area contributed by atoms with Gasteiger partial charge in [-0.05, 0) is 38.4 Å². The predicted molar refractivity (Wildman–Crippen MR) is 65.3 cm³/mol. The van der Waals surface area contributed by atoms with Crippen molar-refractivity contribution in [1.82, 2.24) is 24.7 Å². The molecule has 2 aromatic rings. The molecule has 0 fully saturated rings. The van der Waals surface area contributed by atoms with Gasteiger partial charge < -0.3 is 5.32 Å². The fraction of sp³-hybridized carbons (Fsp3) is 0.400. The van der Waals surface area contributed by atoms with Crippen LogP contribution in [0.1, 0.15) is 20.8 Å². The van der Waals surface area contributed by atoms with E-state index in [1.807, 2.05) is 20.8 Å². The standard InChI is InChI=1S/C10H13ClN6/c1-10(2,3)16-8-13-7(11)14-9(15-8)17-6-4-5-12-17/h4-6H,1-3H3,(H,13,14,15,16). The topological polar surface area (TPSA) is 68.5 Å². The summed E-state index contributed by atoms with van der Waals surface area (Å²) in [5.74, 6) is 0.824. The Hall–Kier alpha value is -1.69. The predicted octanol–water partition coefficient (Wildman–Crippen LogP) is 1.92. The minimum absolute atomic E-state index is 0.136. The van der Waals surface area contributed by atoms with Gasteiger partial charge >= 0.3 is 0 Å². The summed E-state index contributed by atoms with van der Waals surface area (Å²) in [6.45, 7) is 6.04. The van der Waals surface area contributed by atoms with Crippen LogP contribution in [-0.2, 0) is 0 Å². The van der Waals surface area contributed by atoms with Crippen LogP contribution < -0.4 is 5.32 Å². The van der Waals surface area contributed by atoms with E-state index in [0.717, 1.165) is 0 Å². The molecule has 2 rings (SSSR count). The second-order valence-corrected chi connectivity index (χ2v) is 4.89. The van der Waals surface area contributed by atoms with E-state index in [0.29, 0.717) is 11.9 Å². The minimum Gasteiger partial charge on any atom is -0.349 e. The summed E-state index contributed by atoms with van der Waals surface area (Å²) in [6, 6.07) is 1.79. The molecule has 0 aliphatic rings. The summed E-state index contributed by atoms with van der Waals surface area (Å²) in [7, 11) is 0. The molecule has 0 saturated carbocycles. The van der Waals surface area contributed by atoms with E-state index in [2.05, 4.69) is 25.4 Å². The van der Waals surface area contributed by atoms with Crippen molar-refractivity contribution in [2.75, 3.05) is 5.32 Å². The van der Waals surface area contributed by atoms with Crippen LogP contribution in [0.15, 0.2) is 18.5 Å². The Morgan fingerprint density at radius 2 is 2.00 bits per heavy atom. The van der Waals surface area contributed by atoms with Gasteiger partial charge in [0.2, 0.25) is 11.2 Å². The highest BCUT2D eigenvalue weighted by atomic mass is 35.5. The van der Waals surface area contributed by atoms with E-state index in [1.165, 1.54) is 4.68 Å². The molecular weight excluding hydrogens is 240 g/mol. The lowest BCUT2D eigenvalue weighted by Gasteiger charge is -2.20. The summed E-state index contributed by atoms with van der Waals surface area (Å²) in [4.78, 5) is 12.3. The molecule has 2 heterocycles. The van der Waals surface area contributed by atoms with Crippen LogP contribution in [0.5, 0.6) is 0 Å². The zero-order chi connectivity index (χ0) is 12.5. The molecule has 0 aliphatic carbocycles. The van der Waals surface area contributed by atoms with E-state index in [4.69, 9.17) is 11.6 Å². The number of rotatable bonds is 2. The van der Waals surface area contributed by atoms with Crippen molar-refractivity contribution in [3.63, 3.8) is 0 Å². The first-order valence-electron chi connectivity index (χ1n) is 5.14. The molecule has 0 bridgehead atoms. The van der Waals surface area contributed by atoms with Crippen LogP contribution in [-0.4, -0.2) is 30.3 Å². The van der Waals surface area contributed by atoms with Crippen molar-refractivity contribution in [1.29, 1.82) is 0 Å². The van der Waals surface area contributed by atoms with Gasteiger partial charge in [-0.2, -0.15) is 20.1 Å². The number of nitrogens with zero attached hydrogens (tertiary/aromatic N) is 5. The average molecular weight is 253 g/mol. The Morgan fingerprint density at radius 1 is 1.24 bits per heavy atom. The summed E-state index contributed by atoms with van der Waals surface area (Å²) in [5.41, 5.74) is -0.147. The lowest BCUT2D eigenvalue weighted by Crippen LogP contribution is -2.27. The molecule has 0 saturated heterocycles. The van der Waals surface area contributed by atoms with Crippen molar-refractivity contribution in [2.45, 2.75) is 26.3 Å². The summed E-state index contributed by atoms with van der Waals surface area (Å²) >= 11 is 5.85. The number of hydrogen-bond acceptors (Lipinski definition) is 5. The maximum Gasteiger partial charge on any atom is 0.256 e. The summed E-state index contributed by atoms with van der Waals surface area (Å²) < 4.78 is 1.53. The second-order valence-electron chi connectivity index (χ2n) is 4.55. The zero-order valence-electron chi connectivity index (χ0n) is 9.85. The highest BCUT2D eigenvalue weighted by molar-refractivity contribution is 6.28. The first kappa shape index (κ1) is 11.8. The quantitative estimate of drug-likeness (QED) is 0.884. The smallest absolute Gasteiger partial charge is 0.256 e. The molecular formula is C10H13ClN6. The number of aromatic nitrogens is 5. The van der Waals surface area contributed by atoms with Gasteiger partial charge in [0.15, 0.2) is 0 Å². The molecule has 0 unspecified atom stereocenters. The molecule has 0 atom stereocenters. The molecule has 6 nitrogen and oxygen atoms in total. The zero-order valence-corrected chi connectivity index (χ0v) is 10.6. The third-order valence-corrected chi connectivity index (χ3v) is 1.96. The number of hydrogen-bond donors (Lipinski definition) is 1. The van der Waals surface area contributed by atoms with E-state index in [1.54, 1.807) is 18.5 Å². The van der Waals surface area contributed by atoms with Gasteiger partial charge in [0.05, 0.1) is 0 Å². The molecule has 1 N–H and O–H groups in total. The summed E-state index contributed by atoms with van der Waals surface area (Å²) in [5, 5.41) is 7.32. The van der Waals surface area contributed by atoms with Crippen molar-refractivity contribution in [3.8, 4) is 5.95 Å². The van der Waals surface area contributed by atoms with Gasteiger partial charge in [0.1, 0.15) is 0 Å². The molecule has 2 aromatic heterocycles. The third kappa shape index (κ3) is 3.13. The Kier molecular flexibility index (Phi) is 2.97. The van der Waals surface area contributed by atoms with Crippen LogP contribution in [0.25, 0.3) is 5.95 Å². The molecule has 0 aliphatic heterocycles. The first-order valence-corrected chi connectivity index (χ1v) is 5.52. The van der Waals surface area contributed by atoms with Crippen LogP contribution in [0.3, 0.4) is 0 Å². The molecule has 0 aromatic carbocycles. The molecule has 0 radical (unpaired) electrons. The van der Waals surface area contributed by atoms with E-state index in [9.17, 15) is 0 Å². The van der Waals surface area contributed by atoms with E-state index in [-0.39, 0.29) is 10.8 Å². The van der Waals surface area contributed by atoms with Crippen molar-refractivity contribution in [2.24, 2.45) is 0 Å². The van der Waals surface area contributed by atoms with Gasteiger partial charge in [-0.1, -0.05) is 0 Å². The largest absolute Gasteiger partial charge is 0.349 e. The van der Waals surface area contributed by atoms with Gasteiger partial charge in [0.25, 0.3) is 5.95 Å². The lowest BCUT2D eigenvalue weighted by molar-refractivity contribution is 0.623.